The second kappa shape index (κ2) is 12.5. The number of furan rings is 1. The normalized spacial score (nSPS) is 11.9. The van der Waals surface area contributed by atoms with Gasteiger partial charge in [-0.1, -0.05) is 152 Å². The van der Waals surface area contributed by atoms with Gasteiger partial charge < -0.3 is 13.9 Å². The Labute approximate surface area is 328 Å². The maximum absolute atomic E-state index is 7.05. The zero-order valence-corrected chi connectivity index (χ0v) is 30.9. The lowest BCUT2D eigenvalue weighted by Crippen LogP contribution is -2.11. The van der Waals surface area contributed by atoms with E-state index in [4.69, 9.17) is 4.42 Å². The molecular weight excluding hydrogens is 693 g/mol. The molecule has 57 heavy (non-hydrogen) atoms. The Morgan fingerprint density at radius 1 is 0.333 bits per heavy atom. The molecule has 0 spiro atoms. The van der Waals surface area contributed by atoms with Crippen LogP contribution in [0.3, 0.4) is 0 Å². The van der Waals surface area contributed by atoms with Gasteiger partial charge in [0.1, 0.15) is 5.58 Å². The zero-order valence-electron chi connectivity index (χ0n) is 30.9. The van der Waals surface area contributed by atoms with E-state index >= 15 is 0 Å². The lowest BCUT2D eigenvalue weighted by atomic mass is 9.93. The van der Waals surface area contributed by atoms with Crippen LogP contribution in [0.5, 0.6) is 0 Å². The Morgan fingerprint density at radius 3 is 1.81 bits per heavy atom. The number of nitrogens with zero attached hydrogens (tertiary/aromatic N) is 2. The predicted molar refractivity (Wildman–Crippen MR) is 241 cm³/mol. The Balaban J connectivity index is 1.16. The van der Waals surface area contributed by atoms with Gasteiger partial charge in [0.05, 0.1) is 22.4 Å². The van der Waals surface area contributed by atoms with Gasteiger partial charge in [0.25, 0.3) is 0 Å². The van der Waals surface area contributed by atoms with Gasteiger partial charge in [-0.3, -0.25) is 0 Å². The van der Waals surface area contributed by atoms with Crippen LogP contribution in [0.25, 0.3) is 92.9 Å². The monoisotopic (exact) mass is 726 g/mol. The van der Waals surface area contributed by atoms with E-state index in [9.17, 15) is 0 Å². The fourth-order valence-electron chi connectivity index (χ4n) is 9.22. The van der Waals surface area contributed by atoms with Crippen molar-refractivity contribution in [1.82, 2.24) is 4.57 Å². The third-order valence-corrected chi connectivity index (χ3v) is 11.8. The molecule has 10 aromatic carbocycles. The van der Waals surface area contributed by atoms with Crippen molar-refractivity contribution in [2.24, 2.45) is 0 Å². The number of aromatic nitrogens is 1. The molecule has 0 saturated heterocycles. The van der Waals surface area contributed by atoms with Crippen molar-refractivity contribution < 1.29 is 4.42 Å². The zero-order chi connectivity index (χ0) is 37.5. The third-order valence-electron chi connectivity index (χ3n) is 11.8. The average Bonchev–Trinajstić information content (AvgIpc) is 3.83. The summed E-state index contributed by atoms with van der Waals surface area (Å²) < 4.78 is 9.42. The number of anilines is 3. The van der Waals surface area contributed by atoms with E-state index in [2.05, 4.69) is 216 Å². The average molecular weight is 727 g/mol. The second-order valence-electron chi connectivity index (χ2n) is 14.8. The van der Waals surface area contributed by atoms with Gasteiger partial charge in [-0.15, -0.1) is 0 Å². The molecule has 266 valence electrons. The lowest BCUT2D eigenvalue weighted by molar-refractivity contribution is 0.673. The van der Waals surface area contributed by atoms with E-state index in [0.717, 1.165) is 66.4 Å². The quantitative estimate of drug-likeness (QED) is 0.176. The van der Waals surface area contributed by atoms with Crippen LogP contribution in [-0.2, 0) is 0 Å². The molecule has 2 aromatic heterocycles. The molecule has 0 atom stereocenters. The number of rotatable bonds is 5. The maximum atomic E-state index is 7.05. The molecule has 0 unspecified atom stereocenters. The van der Waals surface area contributed by atoms with Crippen LogP contribution in [0.4, 0.5) is 17.1 Å². The summed E-state index contributed by atoms with van der Waals surface area (Å²) in [6, 6.07) is 74.5. The summed E-state index contributed by atoms with van der Waals surface area (Å²) in [4.78, 5) is 2.41. The van der Waals surface area contributed by atoms with Gasteiger partial charge in [0.15, 0.2) is 5.58 Å². The molecule has 0 aliphatic rings. The van der Waals surface area contributed by atoms with E-state index in [1.807, 2.05) is 0 Å². The van der Waals surface area contributed by atoms with Crippen LogP contribution in [-0.4, -0.2) is 4.57 Å². The Bertz CT molecular complexity index is 3530. The molecule has 3 heteroatoms. The van der Waals surface area contributed by atoms with Crippen LogP contribution in [0.1, 0.15) is 0 Å². The largest absolute Gasteiger partial charge is 0.453 e. The molecule has 0 amide bonds. The fraction of sp³-hybridized carbons (Fsp3) is 0. The molecule has 12 aromatic rings. The first-order chi connectivity index (χ1) is 28.3. The van der Waals surface area contributed by atoms with Crippen molar-refractivity contribution in [3.8, 4) is 16.8 Å². The highest BCUT2D eigenvalue weighted by molar-refractivity contribution is 6.19. The smallest absolute Gasteiger partial charge is 0.159 e. The molecule has 0 fully saturated rings. The highest BCUT2D eigenvalue weighted by Crippen LogP contribution is 2.48. The summed E-state index contributed by atoms with van der Waals surface area (Å²) in [5.41, 5.74) is 10.8. The minimum Gasteiger partial charge on any atom is -0.453 e. The molecule has 0 radical (unpaired) electrons. The molecule has 0 bridgehead atoms. The van der Waals surface area contributed by atoms with Gasteiger partial charge in [0, 0.05) is 43.7 Å². The first-order valence-electron chi connectivity index (χ1n) is 19.5. The van der Waals surface area contributed by atoms with Crippen LogP contribution >= 0.6 is 0 Å². The summed E-state index contributed by atoms with van der Waals surface area (Å²) in [6.07, 6.45) is 0. The van der Waals surface area contributed by atoms with Crippen molar-refractivity contribution in [3.63, 3.8) is 0 Å². The standard InChI is InChI=1S/C54H34N2O/c1-2-17-37(18-3-1)55-49-26-11-10-23-45(49)48-34-38(29-32-51(48)55)56(52-27-13-25-46-47-30-28-36-15-5-7-20-40(36)53(47)57-54(46)52)50-33-31-43(42-21-8-9-22-44(42)50)41-24-12-16-35-14-4-6-19-39(35)41/h1-34H. The Morgan fingerprint density at radius 2 is 0.947 bits per heavy atom. The number of fused-ring (bicyclic) bond motifs is 10. The number of hydrogen-bond donors (Lipinski definition) is 0. The molecule has 3 nitrogen and oxygen atoms in total. The van der Waals surface area contributed by atoms with Gasteiger partial charge in [-0.05, 0) is 87.3 Å². The highest BCUT2D eigenvalue weighted by atomic mass is 16.3. The number of benzene rings is 10. The topological polar surface area (TPSA) is 21.3 Å². The summed E-state index contributed by atoms with van der Waals surface area (Å²) in [5, 5.41) is 11.7. The summed E-state index contributed by atoms with van der Waals surface area (Å²) in [7, 11) is 0. The van der Waals surface area contributed by atoms with Crippen molar-refractivity contribution in [2.75, 3.05) is 4.90 Å². The van der Waals surface area contributed by atoms with E-state index in [-0.39, 0.29) is 0 Å². The van der Waals surface area contributed by atoms with Crippen LogP contribution in [0.2, 0.25) is 0 Å². The van der Waals surface area contributed by atoms with Crippen molar-refractivity contribution in [3.05, 3.63) is 206 Å². The van der Waals surface area contributed by atoms with E-state index in [0.29, 0.717) is 0 Å². The number of hydrogen-bond acceptors (Lipinski definition) is 2. The van der Waals surface area contributed by atoms with Crippen LogP contribution in [0.15, 0.2) is 211 Å². The van der Waals surface area contributed by atoms with Crippen LogP contribution < -0.4 is 4.90 Å². The van der Waals surface area contributed by atoms with E-state index in [1.165, 1.54) is 43.6 Å². The first kappa shape index (κ1) is 31.7. The van der Waals surface area contributed by atoms with Gasteiger partial charge >= 0.3 is 0 Å². The van der Waals surface area contributed by atoms with E-state index in [1.54, 1.807) is 0 Å². The van der Waals surface area contributed by atoms with E-state index < -0.39 is 0 Å². The minimum absolute atomic E-state index is 0.859. The fourth-order valence-corrected chi connectivity index (χ4v) is 9.22. The summed E-state index contributed by atoms with van der Waals surface area (Å²) >= 11 is 0. The second-order valence-corrected chi connectivity index (χ2v) is 14.8. The Kier molecular flexibility index (Phi) is 6.93. The van der Waals surface area contributed by atoms with Gasteiger partial charge in [-0.2, -0.15) is 0 Å². The summed E-state index contributed by atoms with van der Waals surface area (Å²) in [6.45, 7) is 0. The van der Waals surface area contributed by atoms with Gasteiger partial charge in [-0.25, -0.2) is 0 Å². The third kappa shape index (κ3) is 4.79. The van der Waals surface area contributed by atoms with Crippen LogP contribution in [0, 0.1) is 0 Å². The first-order valence-corrected chi connectivity index (χ1v) is 19.5. The molecule has 0 aliphatic carbocycles. The van der Waals surface area contributed by atoms with Crippen molar-refractivity contribution in [1.29, 1.82) is 0 Å². The minimum atomic E-state index is 0.859. The molecule has 0 saturated carbocycles. The maximum Gasteiger partial charge on any atom is 0.159 e. The number of para-hydroxylation sites is 3. The summed E-state index contributed by atoms with van der Waals surface area (Å²) in [5.74, 6) is 0. The molecule has 0 N–H and O–H groups in total. The van der Waals surface area contributed by atoms with Gasteiger partial charge in [0.2, 0.25) is 0 Å². The highest BCUT2D eigenvalue weighted by Gasteiger charge is 2.24. The molecule has 0 aliphatic heterocycles. The molecule has 12 rings (SSSR count). The van der Waals surface area contributed by atoms with Crippen molar-refractivity contribution >= 4 is 93.1 Å². The molecular formula is C54H34N2O. The lowest BCUT2D eigenvalue weighted by Gasteiger charge is -2.28. The Hall–Kier alpha value is -7.62. The molecule has 2 heterocycles. The predicted octanol–water partition coefficient (Wildman–Crippen LogP) is 15.3. The van der Waals surface area contributed by atoms with Crippen molar-refractivity contribution in [2.45, 2.75) is 0 Å². The SMILES string of the molecule is c1ccc(-n2c3ccccc3c3cc(N(c4ccc(-c5cccc6ccccc56)c5ccccc45)c4cccc5c4oc4c6ccccc6ccc54)ccc32)cc1.